The number of benzene rings is 1. The molecule has 110 valence electrons. The van der Waals surface area contributed by atoms with Crippen LogP contribution in [0.25, 0.3) is 0 Å². The highest BCUT2D eigenvalue weighted by Gasteiger charge is 2.34. The lowest BCUT2D eigenvalue weighted by Gasteiger charge is -2.37. The monoisotopic (exact) mass is 295 g/mol. The summed E-state index contributed by atoms with van der Waals surface area (Å²) in [7, 11) is 2.05. The average molecular weight is 296 g/mol. The first-order valence-corrected chi connectivity index (χ1v) is 7.44. The van der Waals surface area contributed by atoms with Crippen molar-refractivity contribution in [3.63, 3.8) is 0 Å². The molecule has 2 rings (SSSR count). The smallest absolute Gasteiger partial charge is 0.129 e. The minimum absolute atomic E-state index is 0.215. The number of ether oxygens (including phenoxy) is 1. The van der Waals surface area contributed by atoms with Crippen LogP contribution >= 0.6 is 11.6 Å². The average Bonchev–Trinajstić information content (AvgIpc) is 2.47. The highest BCUT2D eigenvalue weighted by atomic mass is 35.5. The normalized spacial score (nSPS) is 24.6. The predicted octanol–water partition coefficient (Wildman–Crippen LogP) is 3.33. The van der Waals surface area contributed by atoms with E-state index in [1.807, 2.05) is 25.2 Å². The van der Waals surface area contributed by atoms with Gasteiger partial charge in [0.15, 0.2) is 0 Å². The van der Waals surface area contributed by atoms with Gasteiger partial charge in [-0.05, 0) is 44.5 Å². The van der Waals surface area contributed by atoms with Crippen molar-refractivity contribution in [2.24, 2.45) is 5.41 Å². The standard InChI is InChI=1S/C16H22ClNO2/c1-13(14-5-3-6-15(17)9-14)18(2)10-16(11-19)7-4-8-20-12-16/h3,5-6,9,11,13H,4,7-8,10,12H2,1-2H3. The lowest BCUT2D eigenvalue weighted by Crippen LogP contribution is -2.43. The zero-order valence-corrected chi connectivity index (χ0v) is 12.9. The van der Waals surface area contributed by atoms with Gasteiger partial charge in [0.2, 0.25) is 0 Å². The molecule has 0 aromatic heterocycles. The maximum atomic E-state index is 11.5. The molecule has 0 radical (unpaired) electrons. The molecule has 1 aliphatic rings. The van der Waals surface area contributed by atoms with E-state index in [2.05, 4.69) is 17.9 Å². The largest absolute Gasteiger partial charge is 0.380 e. The molecule has 1 saturated heterocycles. The molecule has 0 saturated carbocycles. The molecule has 2 unspecified atom stereocenters. The summed E-state index contributed by atoms with van der Waals surface area (Å²) in [5, 5.41) is 0.744. The van der Waals surface area contributed by atoms with Gasteiger partial charge in [-0.3, -0.25) is 4.90 Å². The first-order chi connectivity index (χ1) is 9.56. The molecule has 0 amide bonds. The number of carbonyl (C=O) groups excluding carboxylic acids is 1. The van der Waals surface area contributed by atoms with E-state index in [9.17, 15) is 4.79 Å². The third-order valence-corrected chi connectivity index (χ3v) is 4.39. The maximum absolute atomic E-state index is 11.5. The molecule has 1 aromatic rings. The number of aldehydes is 1. The van der Waals surface area contributed by atoms with Crippen LogP contribution in [0, 0.1) is 5.41 Å². The Labute approximate surface area is 125 Å². The molecule has 0 spiro atoms. The zero-order chi connectivity index (χ0) is 14.6. The van der Waals surface area contributed by atoms with Gasteiger partial charge in [-0.25, -0.2) is 0 Å². The van der Waals surface area contributed by atoms with Gasteiger partial charge in [-0.15, -0.1) is 0 Å². The van der Waals surface area contributed by atoms with Crippen LogP contribution in [0.15, 0.2) is 24.3 Å². The van der Waals surface area contributed by atoms with Gasteiger partial charge in [-0.2, -0.15) is 0 Å². The molecule has 0 N–H and O–H groups in total. The Morgan fingerprint density at radius 3 is 2.95 bits per heavy atom. The van der Waals surface area contributed by atoms with Crippen LogP contribution in [-0.2, 0) is 9.53 Å². The van der Waals surface area contributed by atoms with Crippen LogP contribution < -0.4 is 0 Å². The minimum atomic E-state index is -0.361. The molecule has 1 heterocycles. The molecule has 3 nitrogen and oxygen atoms in total. The second-order valence-electron chi connectivity index (χ2n) is 5.78. The summed E-state index contributed by atoms with van der Waals surface area (Å²) in [5.74, 6) is 0. The first kappa shape index (κ1) is 15.5. The van der Waals surface area contributed by atoms with Gasteiger partial charge < -0.3 is 9.53 Å². The Morgan fingerprint density at radius 2 is 2.35 bits per heavy atom. The van der Waals surface area contributed by atoms with Crippen LogP contribution in [0.1, 0.15) is 31.4 Å². The zero-order valence-electron chi connectivity index (χ0n) is 12.1. The number of halogens is 1. The van der Waals surface area contributed by atoms with Crippen molar-refractivity contribution in [2.45, 2.75) is 25.8 Å². The lowest BCUT2D eigenvalue weighted by molar-refractivity contribution is -0.125. The number of carbonyl (C=O) groups is 1. The van der Waals surface area contributed by atoms with E-state index in [-0.39, 0.29) is 11.5 Å². The Morgan fingerprint density at radius 1 is 1.55 bits per heavy atom. The Hall–Kier alpha value is -0.900. The van der Waals surface area contributed by atoms with E-state index in [1.165, 1.54) is 0 Å². The van der Waals surface area contributed by atoms with E-state index in [1.54, 1.807) is 0 Å². The van der Waals surface area contributed by atoms with Crippen molar-refractivity contribution < 1.29 is 9.53 Å². The summed E-state index contributed by atoms with van der Waals surface area (Å²) in [5.41, 5.74) is 0.803. The SMILES string of the molecule is CC(c1cccc(Cl)c1)N(C)CC1(C=O)CCCOC1. The number of rotatable bonds is 5. The van der Waals surface area contributed by atoms with E-state index in [0.717, 1.165) is 36.3 Å². The molecular weight excluding hydrogens is 274 g/mol. The van der Waals surface area contributed by atoms with Crippen molar-refractivity contribution in [1.29, 1.82) is 0 Å². The topological polar surface area (TPSA) is 29.5 Å². The fraction of sp³-hybridized carbons (Fsp3) is 0.562. The van der Waals surface area contributed by atoms with Crippen LogP contribution in [0.2, 0.25) is 5.02 Å². The van der Waals surface area contributed by atoms with Crippen molar-refractivity contribution >= 4 is 17.9 Å². The Balaban J connectivity index is 2.06. The molecule has 0 aliphatic carbocycles. The van der Waals surface area contributed by atoms with Crippen molar-refractivity contribution in [3.05, 3.63) is 34.9 Å². The molecule has 1 fully saturated rings. The van der Waals surface area contributed by atoms with E-state index < -0.39 is 0 Å². The molecule has 1 aliphatic heterocycles. The minimum Gasteiger partial charge on any atom is -0.380 e. The van der Waals surface area contributed by atoms with Crippen LogP contribution in [0.5, 0.6) is 0 Å². The van der Waals surface area contributed by atoms with Gasteiger partial charge in [0.25, 0.3) is 0 Å². The lowest BCUT2D eigenvalue weighted by atomic mass is 9.83. The third kappa shape index (κ3) is 3.60. The number of nitrogens with zero attached hydrogens (tertiary/aromatic N) is 1. The summed E-state index contributed by atoms with van der Waals surface area (Å²) < 4.78 is 5.50. The molecule has 1 aromatic carbocycles. The molecular formula is C16H22ClNO2. The second-order valence-corrected chi connectivity index (χ2v) is 6.22. The van der Waals surface area contributed by atoms with Crippen LogP contribution in [0.3, 0.4) is 0 Å². The number of hydrogen-bond donors (Lipinski definition) is 0. The summed E-state index contributed by atoms with van der Waals surface area (Å²) in [4.78, 5) is 13.7. The Bertz CT molecular complexity index is 458. The molecule has 4 heteroatoms. The highest BCUT2D eigenvalue weighted by Crippen LogP contribution is 2.30. The van der Waals surface area contributed by atoms with Gasteiger partial charge in [0, 0.05) is 24.2 Å². The number of hydrogen-bond acceptors (Lipinski definition) is 3. The maximum Gasteiger partial charge on any atom is 0.129 e. The van der Waals surface area contributed by atoms with Gasteiger partial charge >= 0.3 is 0 Å². The van der Waals surface area contributed by atoms with Crippen molar-refractivity contribution in [2.75, 3.05) is 26.8 Å². The summed E-state index contributed by atoms with van der Waals surface area (Å²) in [6, 6.07) is 8.10. The summed E-state index contributed by atoms with van der Waals surface area (Å²) in [6.07, 6.45) is 2.94. The van der Waals surface area contributed by atoms with Crippen LogP contribution in [-0.4, -0.2) is 38.0 Å². The molecule has 0 bridgehead atoms. The second kappa shape index (κ2) is 6.70. The van der Waals surface area contributed by atoms with Crippen LogP contribution in [0.4, 0.5) is 0 Å². The van der Waals surface area contributed by atoms with Crippen molar-refractivity contribution in [3.8, 4) is 0 Å². The fourth-order valence-electron chi connectivity index (χ4n) is 2.78. The highest BCUT2D eigenvalue weighted by molar-refractivity contribution is 6.30. The third-order valence-electron chi connectivity index (χ3n) is 4.16. The quantitative estimate of drug-likeness (QED) is 0.781. The van der Waals surface area contributed by atoms with Gasteiger partial charge in [-0.1, -0.05) is 23.7 Å². The molecule has 2 atom stereocenters. The van der Waals surface area contributed by atoms with Crippen molar-refractivity contribution in [1.82, 2.24) is 4.90 Å². The van der Waals surface area contributed by atoms with Gasteiger partial charge in [0.05, 0.1) is 12.0 Å². The van der Waals surface area contributed by atoms with E-state index >= 15 is 0 Å². The summed E-state index contributed by atoms with van der Waals surface area (Å²) in [6.45, 7) is 4.14. The fourth-order valence-corrected chi connectivity index (χ4v) is 2.98. The van der Waals surface area contributed by atoms with E-state index in [0.29, 0.717) is 13.2 Å². The summed E-state index contributed by atoms with van der Waals surface area (Å²) >= 11 is 6.05. The van der Waals surface area contributed by atoms with Gasteiger partial charge in [0.1, 0.15) is 6.29 Å². The Kier molecular flexibility index (Phi) is 5.19. The first-order valence-electron chi connectivity index (χ1n) is 7.06. The predicted molar refractivity (Wildman–Crippen MR) is 81.0 cm³/mol. The molecule has 20 heavy (non-hydrogen) atoms. The van der Waals surface area contributed by atoms with E-state index in [4.69, 9.17) is 16.3 Å².